The maximum Gasteiger partial charge on any atom is 0.416 e. The van der Waals surface area contributed by atoms with Crippen molar-refractivity contribution in [3.05, 3.63) is 88.5 Å². The van der Waals surface area contributed by atoms with Gasteiger partial charge in [-0.3, -0.25) is 9.78 Å². The molecule has 0 unspecified atom stereocenters. The summed E-state index contributed by atoms with van der Waals surface area (Å²) < 4.78 is 79.7. The van der Waals surface area contributed by atoms with Crippen LogP contribution >= 0.6 is 11.6 Å². The number of rotatable bonds is 5. The van der Waals surface area contributed by atoms with Crippen LogP contribution in [0.3, 0.4) is 0 Å². The van der Waals surface area contributed by atoms with Crippen LogP contribution < -0.4 is 0 Å². The number of hydrogen-bond donors (Lipinski definition) is 0. The van der Waals surface area contributed by atoms with E-state index in [-0.39, 0.29) is 33.6 Å². The van der Waals surface area contributed by atoms with E-state index < -0.39 is 38.3 Å². The molecule has 0 spiro atoms. The monoisotopic (exact) mass is 497 g/mol. The maximum absolute atomic E-state index is 14.0. The van der Waals surface area contributed by atoms with Crippen LogP contribution in [0.1, 0.15) is 21.5 Å². The number of Topliss-reactive ketones (excluding diaryl/α,β-unsaturated/α-hetero) is 1. The van der Waals surface area contributed by atoms with Crippen molar-refractivity contribution in [1.29, 1.82) is 0 Å². The Labute approximate surface area is 189 Å². The molecule has 0 radical (unpaired) electrons. The second kappa shape index (κ2) is 8.23. The summed E-state index contributed by atoms with van der Waals surface area (Å²) in [7, 11) is -4.52. The van der Waals surface area contributed by atoms with Gasteiger partial charge in [0.05, 0.1) is 27.2 Å². The van der Waals surface area contributed by atoms with Crippen LogP contribution in [-0.2, 0) is 22.6 Å². The zero-order chi connectivity index (χ0) is 24.0. The van der Waals surface area contributed by atoms with Crippen LogP contribution in [-0.4, -0.2) is 28.4 Å². The molecule has 12 heteroatoms. The number of benzene rings is 2. The van der Waals surface area contributed by atoms with E-state index in [9.17, 15) is 30.8 Å². The van der Waals surface area contributed by atoms with E-state index >= 15 is 0 Å². The fourth-order valence-corrected chi connectivity index (χ4v) is 4.76. The fraction of sp³-hybridized carbons (Fsp3) is 0.0952. The van der Waals surface area contributed by atoms with Crippen LogP contribution in [0, 0.1) is 5.82 Å². The number of hydrogen-bond acceptors (Lipinski definition) is 5. The number of carbonyl (C=O) groups excluding carboxylic acids is 1. The third kappa shape index (κ3) is 4.33. The highest BCUT2D eigenvalue weighted by Crippen LogP contribution is 2.31. The van der Waals surface area contributed by atoms with Gasteiger partial charge in [0.15, 0.2) is 5.78 Å². The molecule has 2 aromatic carbocycles. The van der Waals surface area contributed by atoms with E-state index in [1.165, 1.54) is 24.4 Å². The van der Waals surface area contributed by atoms with Crippen molar-refractivity contribution in [2.24, 2.45) is 0 Å². The molecule has 0 aliphatic heterocycles. The summed E-state index contributed by atoms with van der Waals surface area (Å²) in [4.78, 5) is 16.0. The molecule has 33 heavy (non-hydrogen) atoms. The molecule has 0 fully saturated rings. The van der Waals surface area contributed by atoms with Crippen LogP contribution in [0.25, 0.3) is 11.0 Å². The lowest BCUT2D eigenvalue weighted by molar-refractivity contribution is -0.137. The van der Waals surface area contributed by atoms with Crippen LogP contribution in [0.2, 0.25) is 5.02 Å². The first kappa shape index (κ1) is 22.9. The van der Waals surface area contributed by atoms with Gasteiger partial charge in [-0.15, -0.1) is 0 Å². The van der Waals surface area contributed by atoms with E-state index in [1.807, 2.05) is 0 Å². The third-order valence-corrected chi connectivity index (χ3v) is 6.65. The van der Waals surface area contributed by atoms with Gasteiger partial charge in [0.2, 0.25) is 0 Å². The number of carbonyl (C=O) groups is 1. The third-order valence-electron chi connectivity index (χ3n) is 4.74. The Morgan fingerprint density at radius 2 is 1.79 bits per heavy atom. The lowest BCUT2D eigenvalue weighted by Gasteiger charge is -2.10. The molecule has 0 N–H and O–H groups in total. The minimum atomic E-state index is -4.74. The number of pyridine rings is 1. The topological polar surface area (TPSA) is 81.9 Å². The van der Waals surface area contributed by atoms with Gasteiger partial charge in [-0.2, -0.15) is 30.8 Å². The van der Waals surface area contributed by atoms with E-state index in [0.717, 1.165) is 30.5 Å². The molecular formula is C21H12ClF4N3O3S. The van der Waals surface area contributed by atoms with Crippen LogP contribution in [0.15, 0.2) is 65.8 Å². The molecule has 0 amide bonds. The Balaban J connectivity index is 1.74. The lowest BCUT2D eigenvalue weighted by Crippen LogP contribution is -2.16. The highest BCUT2D eigenvalue weighted by Gasteiger charge is 2.32. The van der Waals surface area contributed by atoms with Crippen molar-refractivity contribution < 1.29 is 30.8 Å². The largest absolute Gasteiger partial charge is 0.416 e. The first-order valence-corrected chi connectivity index (χ1v) is 11.0. The first-order chi connectivity index (χ1) is 15.5. The molecule has 4 aromatic rings. The molecule has 0 bridgehead atoms. The predicted octanol–water partition coefficient (Wildman–Crippen LogP) is 4.91. The summed E-state index contributed by atoms with van der Waals surface area (Å²) >= 11 is 5.92. The zero-order valence-electron chi connectivity index (χ0n) is 16.3. The number of alkyl halides is 3. The van der Waals surface area contributed by atoms with Crippen molar-refractivity contribution in [1.82, 2.24) is 14.2 Å². The molecule has 0 saturated heterocycles. The zero-order valence-corrected chi connectivity index (χ0v) is 17.9. The average molecular weight is 498 g/mol. The van der Waals surface area contributed by atoms with Gasteiger partial charge in [-0.05, 0) is 42.0 Å². The summed E-state index contributed by atoms with van der Waals surface area (Å²) in [6, 6.07) is 8.32. The second-order valence-corrected chi connectivity index (χ2v) is 9.14. The molecule has 0 saturated carbocycles. The summed E-state index contributed by atoms with van der Waals surface area (Å²) in [6.45, 7) is 0. The smallest absolute Gasteiger partial charge is 0.294 e. The second-order valence-electron chi connectivity index (χ2n) is 6.96. The standard InChI is InChI=1S/C21H12ClF4N3O3S/c22-15-5-2-6-16(23)20(15)19(30)8-12-7-18-17(27-10-12)11-28-29(18)33(31,32)14-4-1-3-13(9-14)21(24,25)26/h1-7,9-11H,8H2. The molecule has 0 atom stereocenters. The molecule has 2 aromatic heterocycles. The maximum atomic E-state index is 14.0. The summed E-state index contributed by atoms with van der Waals surface area (Å²) in [5.74, 6) is -1.47. The Morgan fingerprint density at radius 1 is 1.06 bits per heavy atom. The predicted molar refractivity (Wildman–Crippen MR) is 111 cm³/mol. The molecule has 0 aliphatic carbocycles. The van der Waals surface area contributed by atoms with Gasteiger partial charge >= 0.3 is 6.18 Å². The molecule has 2 heterocycles. The van der Waals surface area contributed by atoms with Gasteiger partial charge in [-0.25, -0.2) is 4.39 Å². The lowest BCUT2D eigenvalue weighted by atomic mass is 10.0. The molecule has 4 rings (SSSR count). The normalized spacial score (nSPS) is 12.3. The van der Waals surface area contributed by atoms with Crippen LogP contribution in [0.4, 0.5) is 17.6 Å². The fourth-order valence-electron chi connectivity index (χ4n) is 3.19. The Bertz CT molecular complexity index is 1480. The van der Waals surface area contributed by atoms with Crippen molar-refractivity contribution in [2.75, 3.05) is 0 Å². The Morgan fingerprint density at radius 3 is 2.48 bits per heavy atom. The summed E-state index contributed by atoms with van der Waals surface area (Å²) in [5.41, 5.74) is -1.15. The van der Waals surface area contributed by atoms with E-state index in [4.69, 9.17) is 11.6 Å². The number of fused-ring (bicyclic) bond motifs is 1. The van der Waals surface area contributed by atoms with E-state index in [2.05, 4.69) is 10.1 Å². The van der Waals surface area contributed by atoms with Gasteiger partial charge in [0.1, 0.15) is 16.9 Å². The number of ketones is 1. The Kier molecular flexibility index (Phi) is 5.71. The van der Waals surface area contributed by atoms with Crippen LogP contribution in [0.5, 0.6) is 0 Å². The number of halogens is 5. The minimum absolute atomic E-state index is 0.0580. The van der Waals surface area contributed by atoms with Crippen molar-refractivity contribution in [2.45, 2.75) is 17.5 Å². The molecular weight excluding hydrogens is 486 g/mol. The highest BCUT2D eigenvalue weighted by molar-refractivity contribution is 7.90. The van der Waals surface area contributed by atoms with E-state index in [1.54, 1.807) is 0 Å². The minimum Gasteiger partial charge on any atom is -0.294 e. The summed E-state index contributed by atoms with van der Waals surface area (Å²) in [6.07, 6.45) is -2.67. The van der Waals surface area contributed by atoms with Crippen molar-refractivity contribution in [3.8, 4) is 0 Å². The highest BCUT2D eigenvalue weighted by atomic mass is 35.5. The first-order valence-electron chi connectivity index (χ1n) is 9.21. The molecule has 6 nitrogen and oxygen atoms in total. The summed E-state index contributed by atoms with van der Waals surface area (Å²) in [5, 5.41) is 3.68. The van der Waals surface area contributed by atoms with Gasteiger partial charge < -0.3 is 0 Å². The number of aromatic nitrogens is 3. The van der Waals surface area contributed by atoms with E-state index in [0.29, 0.717) is 10.2 Å². The van der Waals surface area contributed by atoms with Gasteiger partial charge in [-0.1, -0.05) is 23.7 Å². The Hall–Kier alpha value is -3.31. The quantitative estimate of drug-likeness (QED) is 0.289. The molecule has 170 valence electrons. The number of nitrogens with zero attached hydrogens (tertiary/aromatic N) is 3. The molecule has 0 aliphatic rings. The van der Waals surface area contributed by atoms with Crippen molar-refractivity contribution in [3.63, 3.8) is 0 Å². The SMILES string of the molecule is O=C(Cc1cnc2cnn(S(=O)(=O)c3cccc(C(F)(F)F)c3)c2c1)c1c(F)cccc1Cl. The van der Waals surface area contributed by atoms with Gasteiger partial charge in [0, 0.05) is 12.6 Å². The average Bonchev–Trinajstić information content (AvgIpc) is 3.17. The van der Waals surface area contributed by atoms with Crippen molar-refractivity contribution >= 4 is 38.4 Å². The van der Waals surface area contributed by atoms with Gasteiger partial charge in [0.25, 0.3) is 10.0 Å².